The summed E-state index contributed by atoms with van der Waals surface area (Å²) in [6, 6.07) is -0.585. The van der Waals surface area contributed by atoms with Gasteiger partial charge in [0.2, 0.25) is 11.8 Å². The van der Waals surface area contributed by atoms with E-state index in [0.717, 1.165) is 10.7 Å². The van der Waals surface area contributed by atoms with Crippen molar-refractivity contribution >= 4 is 23.2 Å². The number of thiazole rings is 1. The van der Waals surface area contributed by atoms with Crippen molar-refractivity contribution in [2.24, 2.45) is 11.7 Å². The van der Waals surface area contributed by atoms with Gasteiger partial charge in [-0.05, 0) is 18.8 Å². The van der Waals surface area contributed by atoms with E-state index in [2.05, 4.69) is 21.0 Å². The molecule has 0 aromatic carbocycles. The monoisotopic (exact) mass is 310 g/mol. The van der Waals surface area contributed by atoms with Crippen molar-refractivity contribution in [3.8, 4) is 0 Å². The predicted octanol–water partition coefficient (Wildman–Crippen LogP) is 0.736. The molecule has 1 aromatic rings. The second-order valence-corrected chi connectivity index (χ2v) is 6.65. The highest BCUT2D eigenvalue weighted by Crippen LogP contribution is 2.40. The maximum Gasteiger partial charge on any atom is 0.239 e. The lowest BCUT2D eigenvalue weighted by atomic mass is 10.1. The largest absolute Gasteiger partial charge is 0.348 e. The van der Waals surface area contributed by atoms with Crippen molar-refractivity contribution in [1.82, 2.24) is 15.6 Å². The molecule has 0 aliphatic heterocycles. The van der Waals surface area contributed by atoms with Gasteiger partial charge < -0.3 is 16.4 Å². The third-order valence-corrected chi connectivity index (χ3v) is 4.31. The second-order valence-electron chi connectivity index (χ2n) is 5.70. The first-order valence-corrected chi connectivity index (χ1v) is 8.09. The Balaban J connectivity index is 1.68. The van der Waals surface area contributed by atoms with Crippen molar-refractivity contribution in [1.29, 1.82) is 0 Å². The minimum absolute atomic E-state index is 0.0456. The number of aromatic nitrogens is 1. The van der Waals surface area contributed by atoms with Crippen LogP contribution in [0.4, 0.5) is 0 Å². The van der Waals surface area contributed by atoms with Gasteiger partial charge in [0.25, 0.3) is 0 Å². The molecule has 1 saturated carbocycles. The van der Waals surface area contributed by atoms with Gasteiger partial charge in [-0.1, -0.05) is 13.8 Å². The number of nitrogens with two attached hydrogens (primary N) is 1. The van der Waals surface area contributed by atoms with Crippen LogP contribution in [-0.2, 0) is 16.1 Å². The molecule has 6 nitrogen and oxygen atoms in total. The minimum Gasteiger partial charge on any atom is -0.348 e. The molecule has 1 heterocycles. The van der Waals surface area contributed by atoms with E-state index in [-0.39, 0.29) is 24.3 Å². The lowest BCUT2D eigenvalue weighted by molar-refractivity contribution is -0.127. The van der Waals surface area contributed by atoms with Crippen LogP contribution in [0.25, 0.3) is 0 Å². The highest BCUT2D eigenvalue weighted by Gasteiger charge is 2.26. The smallest absolute Gasteiger partial charge is 0.239 e. The van der Waals surface area contributed by atoms with Crippen LogP contribution < -0.4 is 16.4 Å². The number of amides is 2. The number of carbonyl (C=O) groups excluding carboxylic acids is 2. The van der Waals surface area contributed by atoms with Crippen LogP contribution in [0.2, 0.25) is 0 Å². The quantitative estimate of drug-likeness (QED) is 0.692. The van der Waals surface area contributed by atoms with Gasteiger partial charge in [0.05, 0.1) is 24.8 Å². The normalized spacial score (nSPS) is 15.8. The highest BCUT2D eigenvalue weighted by atomic mass is 32.1. The van der Waals surface area contributed by atoms with Gasteiger partial charge in [-0.2, -0.15) is 0 Å². The highest BCUT2D eigenvalue weighted by molar-refractivity contribution is 7.09. The number of nitrogens with one attached hydrogen (secondary N) is 2. The standard InChI is InChI=1S/C14H22N4O2S/c1-8(2)13(15)14(20)17-5-11(19)16-6-12-18-10(7-21-12)9-3-4-9/h7-9,13H,3-6,15H2,1-2H3,(H,16,19)(H,17,20)/t13-/m0/s1. The van der Waals surface area contributed by atoms with E-state index in [1.165, 1.54) is 12.8 Å². The molecule has 7 heteroatoms. The molecule has 1 fully saturated rings. The van der Waals surface area contributed by atoms with Crippen LogP contribution in [0, 0.1) is 5.92 Å². The maximum atomic E-state index is 11.7. The lowest BCUT2D eigenvalue weighted by Crippen LogP contribution is -2.47. The van der Waals surface area contributed by atoms with Gasteiger partial charge in [0, 0.05) is 11.3 Å². The molecular weight excluding hydrogens is 288 g/mol. The van der Waals surface area contributed by atoms with E-state index in [1.54, 1.807) is 11.3 Å². The van der Waals surface area contributed by atoms with Crippen LogP contribution in [0.15, 0.2) is 5.38 Å². The molecule has 2 rings (SSSR count). The van der Waals surface area contributed by atoms with Crippen molar-refractivity contribution in [2.75, 3.05) is 6.54 Å². The van der Waals surface area contributed by atoms with Gasteiger partial charge in [0.1, 0.15) is 5.01 Å². The summed E-state index contributed by atoms with van der Waals surface area (Å²) in [6.07, 6.45) is 2.44. The zero-order valence-corrected chi connectivity index (χ0v) is 13.2. The molecule has 21 heavy (non-hydrogen) atoms. The van der Waals surface area contributed by atoms with Gasteiger partial charge in [0.15, 0.2) is 0 Å². The van der Waals surface area contributed by atoms with Gasteiger partial charge in [-0.25, -0.2) is 4.98 Å². The molecule has 0 radical (unpaired) electrons. The first-order valence-electron chi connectivity index (χ1n) is 7.21. The van der Waals surface area contributed by atoms with Crippen molar-refractivity contribution in [3.05, 3.63) is 16.1 Å². The number of carbonyl (C=O) groups is 2. The molecule has 116 valence electrons. The third-order valence-electron chi connectivity index (χ3n) is 3.45. The Kier molecular flexibility index (Phi) is 5.30. The molecular formula is C14H22N4O2S. The summed E-state index contributed by atoms with van der Waals surface area (Å²) in [5, 5.41) is 8.25. The Morgan fingerprint density at radius 2 is 2.14 bits per heavy atom. The number of hydrogen-bond acceptors (Lipinski definition) is 5. The Labute approximate surface area is 128 Å². The second kappa shape index (κ2) is 7.00. The first-order chi connectivity index (χ1) is 9.97. The van der Waals surface area contributed by atoms with Crippen LogP contribution in [0.5, 0.6) is 0 Å². The SMILES string of the molecule is CC(C)[C@H](N)C(=O)NCC(=O)NCc1nc(C2CC2)cs1. The van der Waals surface area contributed by atoms with Crippen LogP contribution >= 0.6 is 11.3 Å². The van der Waals surface area contributed by atoms with E-state index in [4.69, 9.17) is 5.73 Å². The number of rotatable bonds is 7. The Morgan fingerprint density at radius 1 is 1.43 bits per heavy atom. The molecule has 0 bridgehead atoms. The van der Waals surface area contributed by atoms with Gasteiger partial charge >= 0.3 is 0 Å². The van der Waals surface area contributed by atoms with E-state index in [1.807, 2.05) is 13.8 Å². The molecule has 2 amide bonds. The Morgan fingerprint density at radius 3 is 2.76 bits per heavy atom. The van der Waals surface area contributed by atoms with Crippen molar-refractivity contribution in [3.63, 3.8) is 0 Å². The summed E-state index contributed by atoms with van der Waals surface area (Å²) in [5.74, 6) is 0.139. The zero-order chi connectivity index (χ0) is 15.4. The fraction of sp³-hybridized carbons (Fsp3) is 0.643. The predicted molar refractivity (Wildman–Crippen MR) is 81.8 cm³/mol. The maximum absolute atomic E-state index is 11.7. The topological polar surface area (TPSA) is 97.1 Å². The van der Waals surface area contributed by atoms with E-state index in [0.29, 0.717) is 12.5 Å². The average Bonchev–Trinajstić information content (AvgIpc) is 3.20. The van der Waals surface area contributed by atoms with Gasteiger partial charge in [-0.3, -0.25) is 9.59 Å². The first kappa shape index (κ1) is 15.9. The Hall–Kier alpha value is -1.47. The molecule has 4 N–H and O–H groups in total. The van der Waals surface area contributed by atoms with Gasteiger partial charge in [-0.15, -0.1) is 11.3 Å². The fourth-order valence-corrected chi connectivity index (χ4v) is 2.61. The summed E-state index contributed by atoms with van der Waals surface area (Å²) in [6.45, 7) is 4.08. The minimum atomic E-state index is -0.585. The zero-order valence-electron chi connectivity index (χ0n) is 12.4. The fourth-order valence-electron chi connectivity index (χ4n) is 1.80. The van der Waals surface area contributed by atoms with E-state index in [9.17, 15) is 9.59 Å². The number of nitrogens with zero attached hydrogens (tertiary/aromatic N) is 1. The molecule has 0 saturated heterocycles. The van der Waals surface area contributed by atoms with E-state index < -0.39 is 6.04 Å². The van der Waals surface area contributed by atoms with Crippen molar-refractivity contribution < 1.29 is 9.59 Å². The van der Waals surface area contributed by atoms with Crippen LogP contribution in [-0.4, -0.2) is 29.4 Å². The van der Waals surface area contributed by atoms with E-state index >= 15 is 0 Å². The molecule has 1 aliphatic carbocycles. The molecule has 0 unspecified atom stereocenters. The summed E-state index contributed by atoms with van der Waals surface area (Å²) < 4.78 is 0. The molecule has 0 spiro atoms. The summed E-state index contributed by atoms with van der Waals surface area (Å²) >= 11 is 1.56. The summed E-state index contributed by atoms with van der Waals surface area (Å²) in [4.78, 5) is 27.8. The van der Waals surface area contributed by atoms with Crippen LogP contribution in [0.1, 0.15) is 43.3 Å². The molecule has 1 atom stereocenters. The molecule has 1 aromatic heterocycles. The van der Waals surface area contributed by atoms with Crippen molar-refractivity contribution in [2.45, 2.75) is 45.2 Å². The summed E-state index contributed by atoms with van der Waals surface area (Å²) in [5.41, 5.74) is 6.84. The molecule has 1 aliphatic rings. The third kappa shape index (κ3) is 4.78. The lowest BCUT2D eigenvalue weighted by Gasteiger charge is -2.14. The Bertz CT molecular complexity index is 511. The summed E-state index contributed by atoms with van der Waals surface area (Å²) in [7, 11) is 0. The van der Waals surface area contributed by atoms with Crippen LogP contribution in [0.3, 0.4) is 0 Å². The average molecular weight is 310 g/mol. The number of hydrogen-bond donors (Lipinski definition) is 3.